The number of alkyl carbamates (subject to hydrolysis) is 1. The van der Waals surface area contributed by atoms with Crippen LogP contribution in [0.2, 0.25) is 0 Å². The minimum atomic E-state index is -0.729. The van der Waals surface area contributed by atoms with Crippen molar-refractivity contribution in [1.29, 1.82) is 0 Å². The molecule has 12 nitrogen and oxygen atoms in total. The number of benzene rings is 2. The molecule has 2 aliphatic carbocycles. The molecule has 2 bridgehead atoms. The smallest absolute Gasteiger partial charge is 0.407 e. The van der Waals surface area contributed by atoms with Crippen molar-refractivity contribution in [2.45, 2.75) is 75.2 Å². The molecule has 2 aromatic carbocycles. The van der Waals surface area contributed by atoms with Gasteiger partial charge in [0, 0.05) is 48.1 Å². The fraction of sp³-hybridized carbons (Fsp3) is 0.400. The second-order valence-corrected chi connectivity index (χ2v) is 16.6. The fourth-order valence-corrected chi connectivity index (χ4v) is 9.39. The summed E-state index contributed by atoms with van der Waals surface area (Å²) in [6.07, 6.45) is 6.08. The minimum Gasteiger partial charge on any atom is -0.444 e. The summed E-state index contributed by atoms with van der Waals surface area (Å²) in [5.41, 5.74) is 3.97. The van der Waals surface area contributed by atoms with Crippen LogP contribution in [-0.2, 0) is 18.3 Å². The van der Waals surface area contributed by atoms with Gasteiger partial charge in [-0.1, -0.05) is 12.1 Å². The molecule has 272 valence electrons. The molecule has 53 heavy (non-hydrogen) atoms. The van der Waals surface area contributed by atoms with E-state index in [-0.39, 0.29) is 23.6 Å². The third kappa shape index (κ3) is 5.50. The number of imidazole rings is 1. The van der Waals surface area contributed by atoms with Gasteiger partial charge >= 0.3 is 6.09 Å². The average molecular weight is 732 g/mol. The zero-order valence-corrected chi connectivity index (χ0v) is 31.1. The standard InChI is InChI=1S/C40H41N7O5S/c1-40(2,3)52-39(51)43-31-24-17-28(47-37(49)25-10-6-7-11-26(25)38(47)50)33(31)46(20-24)36(48)23-15-27-32(30(18-23)53-5)44(4)35(42-27)29-16-22-9-8-14-41-34(22)45(29)19-21-12-13-21/h6-11,14-16,18,21,24,28,31,33H,12-13,17,19-20H2,1-5H3,(H,43,51)/t24-,28+,31-,33-/m1/s1. The van der Waals surface area contributed by atoms with Gasteiger partial charge < -0.3 is 24.1 Å². The first-order chi connectivity index (χ1) is 25.4. The van der Waals surface area contributed by atoms with Crippen LogP contribution < -0.4 is 5.32 Å². The van der Waals surface area contributed by atoms with Crippen LogP contribution in [0.15, 0.2) is 65.7 Å². The van der Waals surface area contributed by atoms with Crippen molar-refractivity contribution in [1.82, 2.24) is 34.2 Å². The van der Waals surface area contributed by atoms with Crippen LogP contribution in [-0.4, -0.2) is 89.2 Å². The van der Waals surface area contributed by atoms with Crippen molar-refractivity contribution in [3.8, 4) is 11.5 Å². The van der Waals surface area contributed by atoms with Crippen LogP contribution in [0.5, 0.6) is 0 Å². The van der Waals surface area contributed by atoms with E-state index in [0.717, 1.165) is 39.5 Å². The number of ether oxygens (including phenoxy) is 1. The summed E-state index contributed by atoms with van der Waals surface area (Å²) < 4.78 is 9.99. The van der Waals surface area contributed by atoms with Gasteiger partial charge in [-0.05, 0) is 94.7 Å². The molecule has 13 heteroatoms. The van der Waals surface area contributed by atoms with E-state index in [1.807, 2.05) is 37.7 Å². The molecule has 3 fully saturated rings. The molecule has 5 aromatic rings. The molecule has 0 spiro atoms. The predicted octanol–water partition coefficient (Wildman–Crippen LogP) is 6.12. The number of fused-ring (bicyclic) bond motifs is 5. The number of aryl methyl sites for hydroxylation is 1. The number of hydrogen-bond donors (Lipinski definition) is 1. The molecule has 0 radical (unpaired) electrons. The summed E-state index contributed by atoms with van der Waals surface area (Å²) in [6, 6.07) is 14.9. The largest absolute Gasteiger partial charge is 0.444 e. The monoisotopic (exact) mass is 731 g/mol. The molecule has 9 rings (SSSR count). The van der Waals surface area contributed by atoms with Crippen LogP contribution in [0.4, 0.5) is 4.79 Å². The first-order valence-corrected chi connectivity index (χ1v) is 19.4. The lowest BCUT2D eigenvalue weighted by atomic mass is 10.0. The molecule has 1 N–H and O–H groups in total. The van der Waals surface area contributed by atoms with Gasteiger partial charge in [-0.2, -0.15) is 0 Å². The molecule has 2 aliphatic heterocycles. The lowest BCUT2D eigenvalue weighted by Gasteiger charge is -2.37. The Kier molecular flexibility index (Phi) is 7.74. The highest BCUT2D eigenvalue weighted by Gasteiger charge is 2.59. The Balaban J connectivity index is 1.09. The van der Waals surface area contributed by atoms with Gasteiger partial charge in [0.05, 0.1) is 46.0 Å². The summed E-state index contributed by atoms with van der Waals surface area (Å²) in [4.78, 5) is 69.2. The Bertz CT molecular complexity index is 2340. The van der Waals surface area contributed by atoms with Crippen LogP contribution in [0.25, 0.3) is 33.6 Å². The second kappa shape index (κ2) is 12.2. The maximum Gasteiger partial charge on any atom is 0.407 e. The summed E-state index contributed by atoms with van der Waals surface area (Å²) in [5, 5.41) is 4.08. The number of imide groups is 1. The molecule has 0 unspecified atom stereocenters. The SMILES string of the molecule is CSc1cc(C(=O)N2C[C@H]3C[C@H](N4C(=O)c5ccccc5C4=O)[C@@H]2[C@@H]3NC(=O)OC(C)(C)C)cc2nc(-c3cc4cccnc4n3CC3CC3)n(C)c12. The van der Waals surface area contributed by atoms with E-state index in [4.69, 9.17) is 14.7 Å². The topological polar surface area (TPSA) is 132 Å². The highest BCUT2D eigenvalue weighted by atomic mass is 32.2. The van der Waals surface area contributed by atoms with E-state index < -0.39 is 29.8 Å². The lowest BCUT2D eigenvalue weighted by molar-refractivity contribution is 0.0380. The van der Waals surface area contributed by atoms with Crippen LogP contribution >= 0.6 is 11.8 Å². The Morgan fingerprint density at radius 3 is 2.43 bits per heavy atom. The van der Waals surface area contributed by atoms with Crippen molar-refractivity contribution in [2.24, 2.45) is 18.9 Å². The van der Waals surface area contributed by atoms with E-state index in [0.29, 0.717) is 41.1 Å². The summed E-state index contributed by atoms with van der Waals surface area (Å²) >= 11 is 1.55. The van der Waals surface area contributed by atoms with E-state index in [9.17, 15) is 19.2 Å². The molecule has 2 saturated carbocycles. The Labute approximate surface area is 310 Å². The van der Waals surface area contributed by atoms with Crippen LogP contribution in [0.1, 0.15) is 71.1 Å². The second-order valence-electron chi connectivity index (χ2n) is 15.7. The number of carbonyl (C=O) groups is 4. The van der Waals surface area contributed by atoms with E-state index in [2.05, 4.69) is 26.6 Å². The number of likely N-dealkylation sites (tertiary alicyclic amines) is 1. The minimum absolute atomic E-state index is 0.196. The quantitative estimate of drug-likeness (QED) is 0.156. The normalized spacial score (nSPS) is 22.4. The van der Waals surface area contributed by atoms with Crippen LogP contribution in [0, 0.1) is 11.8 Å². The maximum atomic E-state index is 14.7. The van der Waals surface area contributed by atoms with E-state index >= 15 is 0 Å². The van der Waals surface area contributed by atoms with Gasteiger partial charge in [-0.15, -0.1) is 11.8 Å². The Morgan fingerprint density at radius 1 is 1.02 bits per heavy atom. The number of rotatable bonds is 7. The molecule has 4 amide bonds. The molecular formula is C40H41N7O5S. The Morgan fingerprint density at radius 2 is 1.75 bits per heavy atom. The summed E-state index contributed by atoms with van der Waals surface area (Å²) in [7, 11) is 2.01. The van der Waals surface area contributed by atoms with Gasteiger partial charge in [0.25, 0.3) is 17.7 Å². The number of hydrogen-bond acceptors (Lipinski definition) is 8. The van der Waals surface area contributed by atoms with Crippen molar-refractivity contribution < 1.29 is 23.9 Å². The van der Waals surface area contributed by atoms with Crippen molar-refractivity contribution in [3.05, 3.63) is 77.5 Å². The highest BCUT2D eigenvalue weighted by Crippen LogP contribution is 2.45. The third-order valence-electron chi connectivity index (χ3n) is 11.1. The highest BCUT2D eigenvalue weighted by molar-refractivity contribution is 7.98. The number of pyridine rings is 1. The van der Waals surface area contributed by atoms with Gasteiger partial charge in [-0.25, -0.2) is 14.8 Å². The van der Waals surface area contributed by atoms with Gasteiger partial charge in [-0.3, -0.25) is 19.3 Å². The molecule has 4 atom stereocenters. The number of amides is 4. The van der Waals surface area contributed by atoms with Gasteiger partial charge in [0.15, 0.2) is 5.82 Å². The lowest BCUT2D eigenvalue weighted by Crippen LogP contribution is -2.57. The number of aromatic nitrogens is 4. The van der Waals surface area contributed by atoms with E-state index in [1.54, 1.807) is 61.7 Å². The zero-order chi connectivity index (χ0) is 36.9. The van der Waals surface area contributed by atoms with Gasteiger partial charge in [0.2, 0.25) is 0 Å². The maximum absolute atomic E-state index is 14.7. The molecule has 4 aliphatic rings. The van der Waals surface area contributed by atoms with Gasteiger partial charge in [0.1, 0.15) is 11.2 Å². The molecule has 5 heterocycles. The molecule has 1 saturated heterocycles. The zero-order valence-electron chi connectivity index (χ0n) is 30.3. The number of piperidine rings is 1. The number of nitrogens with zero attached hydrogens (tertiary/aromatic N) is 6. The number of carbonyl (C=O) groups excluding carboxylic acids is 4. The molecule has 3 aromatic heterocycles. The first-order valence-electron chi connectivity index (χ1n) is 18.2. The first kappa shape index (κ1) is 33.7. The third-order valence-corrected chi connectivity index (χ3v) is 11.9. The molecular weight excluding hydrogens is 691 g/mol. The van der Waals surface area contributed by atoms with Crippen molar-refractivity contribution in [3.63, 3.8) is 0 Å². The van der Waals surface area contributed by atoms with Crippen molar-refractivity contribution >= 4 is 57.6 Å². The van der Waals surface area contributed by atoms with Crippen LogP contribution in [0.3, 0.4) is 0 Å². The summed E-state index contributed by atoms with van der Waals surface area (Å²) in [5.74, 6) is 0.219. The summed E-state index contributed by atoms with van der Waals surface area (Å²) in [6.45, 7) is 6.61. The number of nitrogens with one attached hydrogen (secondary N) is 1. The fourth-order valence-electron chi connectivity index (χ4n) is 8.71. The average Bonchev–Trinajstić information content (AvgIpc) is 3.35. The van der Waals surface area contributed by atoms with Crippen molar-refractivity contribution in [2.75, 3.05) is 12.8 Å². The Hall–Kier alpha value is -5.17. The van der Waals surface area contributed by atoms with E-state index in [1.165, 1.54) is 17.7 Å². The number of thioether (sulfide) groups is 1. The predicted molar refractivity (Wildman–Crippen MR) is 201 cm³/mol.